The molecule has 5 nitrogen and oxygen atoms in total. The lowest BCUT2D eigenvalue weighted by atomic mass is 10.0. The van der Waals surface area contributed by atoms with Gasteiger partial charge in [-0.3, -0.25) is 4.79 Å². The summed E-state index contributed by atoms with van der Waals surface area (Å²) in [4.78, 5) is 18.3. The second kappa shape index (κ2) is 7.30. The standard InChI is InChI=1S/C20H22N4O/c1-15-4-6-17(7-5-15)12-20(25)23(3)16(2)18-8-10-19(11-9-18)24-14-21-13-22-24/h4-11,13-14,16H,12H2,1-3H3/t16-/m0/s1. The predicted octanol–water partition coefficient (Wildman–Crippen LogP) is 3.34. The molecule has 0 unspecified atom stereocenters. The normalized spacial score (nSPS) is 12.0. The van der Waals surface area contributed by atoms with Gasteiger partial charge in [-0.1, -0.05) is 42.0 Å². The highest BCUT2D eigenvalue weighted by Gasteiger charge is 2.17. The number of likely N-dealkylation sites (N-methyl/N-ethyl adjacent to an activating group) is 1. The van der Waals surface area contributed by atoms with Crippen LogP contribution >= 0.6 is 0 Å². The van der Waals surface area contributed by atoms with Gasteiger partial charge in [0, 0.05) is 7.05 Å². The van der Waals surface area contributed by atoms with E-state index in [1.807, 2.05) is 69.4 Å². The SMILES string of the molecule is Cc1ccc(CC(=O)N(C)[C@@H](C)c2ccc(-n3cncn3)cc2)cc1. The van der Waals surface area contributed by atoms with E-state index >= 15 is 0 Å². The third-order valence-electron chi connectivity index (χ3n) is 4.51. The van der Waals surface area contributed by atoms with Gasteiger partial charge in [-0.25, -0.2) is 9.67 Å². The molecule has 1 aromatic heterocycles. The first-order chi connectivity index (χ1) is 12.0. The molecule has 2 aromatic carbocycles. The van der Waals surface area contributed by atoms with Crippen LogP contribution in [0.1, 0.15) is 29.7 Å². The van der Waals surface area contributed by atoms with E-state index < -0.39 is 0 Å². The minimum atomic E-state index is 0.00254. The van der Waals surface area contributed by atoms with Gasteiger partial charge in [0.05, 0.1) is 18.2 Å². The lowest BCUT2D eigenvalue weighted by molar-refractivity contribution is -0.131. The molecule has 1 atom stereocenters. The highest BCUT2D eigenvalue weighted by atomic mass is 16.2. The molecule has 0 spiro atoms. The van der Waals surface area contributed by atoms with E-state index in [-0.39, 0.29) is 11.9 Å². The molecular weight excluding hydrogens is 312 g/mol. The van der Waals surface area contributed by atoms with E-state index in [9.17, 15) is 4.79 Å². The molecule has 0 aliphatic rings. The molecule has 1 amide bonds. The average molecular weight is 334 g/mol. The van der Waals surface area contributed by atoms with Crippen molar-refractivity contribution in [2.24, 2.45) is 0 Å². The zero-order valence-electron chi connectivity index (χ0n) is 14.8. The minimum absolute atomic E-state index is 0.00254. The molecule has 5 heteroatoms. The van der Waals surface area contributed by atoms with Crippen molar-refractivity contribution in [1.29, 1.82) is 0 Å². The molecule has 0 aliphatic heterocycles. The second-order valence-corrected chi connectivity index (χ2v) is 6.27. The van der Waals surface area contributed by atoms with E-state index in [2.05, 4.69) is 10.1 Å². The summed E-state index contributed by atoms with van der Waals surface area (Å²) in [7, 11) is 1.85. The zero-order chi connectivity index (χ0) is 17.8. The van der Waals surface area contributed by atoms with Gasteiger partial charge in [0.15, 0.2) is 0 Å². The predicted molar refractivity (Wildman–Crippen MR) is 97.4 cm³/mol. The summed E-state index contributed by atoms with van der Waals surface area (Å²) >= 11 is 0. The molecule has 3 aromatic rings. The van der Waals surface area contributed by atoms with Gasteiger partial charge in [-0.2, -0.15) is 5.10 Å². The van der Waals surface area contributed by atoms with Gasteiger partial charge >= 0.3 is 0 Å². The third kappa shape index (κ3) is 3.94. The van der Waals surface area contributed by atoms with Crippen LogP contribution in [0.2, 0.25) is 0 Å². The van der Waals surface area contributed by atoms with Crippen molar-refractivity contribution >= 4 is 5.91 Å². The summed E-state index contributed by atoms with van der Waals surface area (Å²) in [5.41, 5.74) is 4.27. The van der Waals surface area contributed by atoms with Crippen LogP contribution < -0.4 is 0 Å². The van der Waals surface area contributed by atoms with Gasteiger partial charge in [0.2, 0.25) is 5.91 Å². The van der Waals surface area contributed by atoms with E-state index in [0.717, 1.165) is 16.8 Å². The molecule has 128 valence electrons. The Hall–Kier alpha value is -2.95. The summed E-state index contributed by atoms with van der Waals surface area (Å²) in [6.07, 6.45) is 3.59. The van der Waals surface area contributed by atoms with E-state index in [4.69, 9.17) is 0 Å². The first kappa shape index (κ1) is 16.9. The van der Waals surface area contributed by atoms with Crippen molar-refractivity contribution in [2.45, 2.75) is 26.3 Å². The first-order valence-corrected chi connectivity index (χ1v) is 8.31. The number of carbonyl (C=O) groups excluding carboxylic acids is 1. The summed E-state index contributed by atoms with van der Waals surface area (Å²) in [6.45, 7) is 4.08. The van der Waals surface area contributed by atoms with Gasteiger partial charge in [0.1, 0.15) is 12.7 Å². The maximum absolute atomic E-state index is 12.6. The van der Waals surface area contributed by atoms with Gasteiger partial charge in [-0.05, 0) is 37.1 Å². The van der Waals surface area contributed by atoms with Crippen molar-refractivity contribution in [1.82, 2.24) is 19.7 Å². The van der Waals surface area contributed by atoms with Crippen LogP contribution in [-0.2, 0) is 11.2 Å². The van der Waals surface area contributed by atoms with E-state index in [0.29, 0.717) is 6.42 Å². The number of rotatable bonds is 5. The molecule has 0 saturated heterocycles. The van der Waals surface area contributed by atoms with Crippen LogP contribution in [0.15, 0.2) is 61.2 Å². The van der Waals surface area contributed by atoms with Gasteiger partial charge < -0.3 is 4.90 Å². The number of carbonyl (C=O) groups is 1. The number of nitrogens with zero attached hydrogens (tertiary/aromatic N) is 4. The lowest BCUT2D eigenvalue weighted by Gasteiger charge is -2.25. The number of hydrogen-bond donors (Lipinski definition) is 0. The second-order valence-electron chi connectivity index (χ2n) is 6.27. The number of amides is 1. The molecule has 25 heavy (non-hydrogen) atoms. The van der Waals surface area contributed by atoms with Crippen LogP contribution in [0.3, 0.4) is 0 Å². The Bertz CT molecular complexity index is 823. The molecule has 0 saturated carbocycles. The summed E-state index contributed by atoms with van der Waals surface area (Å²) < 4.78 is 1.71. The Morgan fingerprint density at radius 2 is 1.80 bits per heavy atom. The first-order valence-electron chi connectivity index (χ1n) is 8.31. The van der Waals surface area contributed by atoms with Crippen LogP contribution in [0.5, 0.6) is 0 Å². The van der Waals surface area contributed by atoms with Gasteiger partial charge in [0.25, 0.3) is 0 Å². The smallest absolute Gasteiger partial charge is 0.227 e. The number of aromatic nitrogens is 3. The fraction of sp³-hybridized carbons (Fsp3) is 0.250. The summed E-state index contributed by atoms with van der Waals surface area (Å²) in [6, 6.07) is 16.1. The summed E-state index contributed by atoms with van der Waals surface area (Å²) in [5.74, 6) is 0.108. The number of hydrogen-bond acceptors (Lipinski definition) is 3. The fourth-order valence-electron chi connectivity index (χ4n) is 2.69. The van der Waals surface area contributed by atoms with Crippen LogP contribution in [-0.4, -0.2) is 32.6 Å². The lowest BCUT2D eigenvalue weighted by Crippen LogP contribution is -2.30. The molecule has 0 bridgehead atoms. The monoisotopic (exact) mass is 334 g/mol. The molecule has 0 N–H and O–H groups in total. The van der Waals surface area contributed by atoms with E-state index in [1.54, 1.807) is 15.9 Å². The van der Waals surface area contributed by atoms with E-state index in [1.165, 1.54) is 11.9 Å². The quantitative estimate of drug-likeness (QED) is 0.719. The van der Waals surface area contributed by atoms with Crippen molar-refractivity contribution in [3.63, 3.8) is 0 Å². The Labute approximate surface area is 147 Å². The molecule has 0 fully saturated rings. The maximum Gasteiger partial charge on any atom is 0.227 e. The van der Waals surface area contributed by atoms with Crippen molar-refractivity contribution in [2.75, 3.05) is 7.05 Å². The number of aryl methyl sites for hydroxylation is 1. The topological polar surface area (TPSA) is 51.0 Å². The van der Waals surface area contributed by atoms with Crippen molar-refractivity contribution in [3.05, 3.63) is 77.9 Å². The Balaban J connectivity index is 1.67. The van der Waals surface area contributed by atoms with Crippen LogP contribution in [0.25, 0.3) is 5.69 Å². The maximum atomic E-state index is 12.6. The molecule has 0 radical (unpaired) electrons. The highest BCUT2D eigenvalue weighted by Crippen LogP contribution is 2.21. The Morgan fingerprint density at radius 3 is 2.40 bits per heavy atom. The average Bonchev–Trinajstić information content (AvgIpc) is 3.17. The number of benzene rings is 2. The largest absolute Gasteiger partial charge is 0.339 e. The Kier molecular flexibility index (Phi) is 4.93. The molecule has 1 heterocycles. The molecule has 3 rings (SSSR count). The third-order valence-corrected chi connectivity index (χ3v) is 4.51. The molecular formula is C20H22N4O. The highest BCUT2D eigenvalue weighted by molar-refractivity contribution is 5.79. The summed E-state index contributed by atoms with van der Waals surface area (Å²) in [5, 5.41) is 4.12. The fourth-order valence-corrected chi connectivity index (χ4v) is 2.69. The minimum Gasteiger partial charge on any atom is -0.339 e. The van der Waals surface area contributed by atoms with Crippen LogP contribution in [0, 0.1) is 6.92 Å². The molecule has 0 aliphatic carbocycles. The zero-order valence-corrected chi connectivity index (χ0v) is 14.8. The van der Waals surface area contributed by atoms with Crippen molar-refractivity contribution in [3.8, 4) is 5.69 Å². The van der Waals surface area contributed by atoms with Gasteiger partial charge in [-0.15, -0.1) is 0 Å². The Morgan fingerprint density at radius 1 is 1.12 bits per heavy atom. The van der Waals surface area contributed by atoms with Crippen molar-refractivity contribution < 1.29 is 4.79 Å². The van der Waals surface area contributed by atoms with Crippen LogP contribution in [0.4, 0.5) is 0 Å².